The number of rotatable bonds is 6. The molecule has 0 saturated heterocycles. The second kappa shape index (κ2) is 5.98. The average molecular weight is 275 g/mol. The summed E-state index contributed by atoms with van der Waals surface area (Å²) < 4.78 is 12.0. The zero-order valence-electron chi connectivity index (χ0n) is 13.1. The number of hydrogen-bond acceptors (Lipinski definition) is 3. The fourth-order valence-electron chi connectivity index (χ4n) is 2.79. The van der Waals surface area contributed by atoms with Crippen molar-refractivity contribution in [2.75, 3.05) is 13.7 Å². The highest BCUT2D eigenvalue weighted by Gasteiger charge is 2.35. The van der Waals surface area contributed by atoms with E-state index in [2.05, 4.69) is 44.3 Å². The van der Waals surface area contributed by atoms with Gasteiger partial charge in [-0.2, -0.15) is 0 Å². The predicted molar refractivity (Wildman–Crippen MR) is 83.1 cm³/mol. The van der Waals surface area contributed by atoms with Gasteiger partial charge in [-0.15, -0.1) is 0 Å². The maximum atomic E-state index is 6.03. The Morgan fingerprint density at radius 2 is 2.05 bits per heavy atom. The number of hydrogen-bond donors (Lipinski definition) is 1. The van der Waals surface area contributed by atoms with Crippen LogP contribution in [0.25, 0.3) is 11.0 Å². The molecule has 2 rings (SSSR count). The molecule has 0 aliphatic rings. The molecule has 1 heterocycles. The lowest BCUT2D eigenvalue weighted by Gasteiger charge is -2.35. The fraction of sp³-hybridized carbons (Fsp3) is 0.529. The summed E-state index contributed by atoms with van der Waals surface area (Å²) in [5, 5.41) is 4.50. The van der Waals surface area contributed by atoms with Crippen molar-refractivity contribution in [3.63, 3.8) is 0 Å². The first-order chi connectivity index (χ1) is 9.54. The quantitative estimate of drug-likeness (QED) is 0.857. The van der Waals surface area contributed by atoms with Gasteiger partial charge in [0, 0.05) is 12.0 Å². The molecule has 2 unspecified atom stereocenters. The summed E-state index contributed by atoms with van der Waals surface area (Å²) in [5.74, 6) is 0.936. The number of nitrogens with one attached hydrogen (secondary N) is 1. The maximum absolute atomic E-state index is 6.03. The highest BCUT2D eigenvalue weighted by atomic mass is 16.5. The monoisotopic (exact) mass is 275 g/mol. The van der Waals surface area contributed by atoms with Gasteiger partial charge in [-0.3, -0.25) is 0 Å². The molecule has 0 fully saturated rings. The summed E-state index contributed by atoms with van der Waals surface area (Å²) in [6.45, 7) is 9.10. The second-order valence-electron chi connectivity index (χ2n) is 5.51. The van der Waals surface area contributed by atoms with Crippen molar-refractivity contribution >= 4 is 11.0 Å². The van der Waals surface area contributed by atoms with Crippen molar-refractivity contribution in [1.82, 2.24) is 5.32 Å². The fourth-order valence-corrected chi connectivity index (χ4v) is 2.79. The van der Waals surface area contributed by atoms with Crippen molar-refractivity contribution in [3.05, 3.63) is 35.6 Å². The Kier molecular flexibility index (Phi) is 4.51. The zero-order valence-corrected chi connectivity index (χ0v) is 13.1. The van der Waals surface area contributed by atoms with E-state index in [1.807, 2.05) is 20.0 Å². The van der Waals surface area contributed by atoms with Crippen LogP contribution in [0.4, 0.5) is 0 Å². The Morgan fingerprint density at radius 3 is 2.65 bits per heavy atom. The van der Waals surface area contributed by atoms with Crippen LogP contribution in [0.5, 0.6) is 0 Å². The van der Waals surface area contributed by atoms with Crippen molar-refractivity contribution in [3.8, 4) is 0 Å². The molecule has 1 aromatic carbocycles. The molecule has 0 aliphatic carbocycles. The molecule has 0 amide bonds. The molecule has 2 atom stereocenters. The van der Waals surface area contributed by atoms with Gasteiger partial charge in [0.05, 0.1) is 11.6 Å². The van der Waals surface area contributed by atoms with Crippen LogP contribution in [0.15, 0.2) is 28.7 Å². The minimum absolute atomic E-state index is 0.0418. The Labute approximate surface area is 121 Å². The SMILES string of the molecule is CCOC(C)(CC)C(NC)c1cc2cc(C)ccc2o1. The Bertz CT molecular complexity index is 575. The van der Waals surface area contributed by atoms with E-state index in [-0.39, 0.29) is 11.6 Å². The van der Waals surface area contributed by atoms with Crippen LogP contribution >= 0.6 is 0 Å². The van der Waals surface area contributed by atoms with Crippen LogP contribution in [-0.4, -0.2) is 19.3 Å². The van der Waals surface area contributed by atoms with Crippen molar-refractivity contribution in [2.24, 2.45) is 0 Å². The molecular weight excluding hydrogens is 250 g/mol. The summed E-state index contributed by atoms with van der Waals surface area (Å²) in [4.78, 5) is 0. The highest BCUT2D eigenvalue weighted by Crippen LogP contribution is 2.35. The van der Waals surface area contributed by atoms with Crippen molar-refractivity contribution in [1.29, 1.82) is 0 Å². The standard InChI is InChI=1S/C17H25NO2/c1-6-17(4,19-7-2)16(18-5)15-11-13-10-12(3)8-9-14(13)20-15/h8-11,16,18H,6-7H2,1-5H3. The number of aryl methyl sites for hydroxylation is 1. The summed E-state index contributed by atoms with van der Waals surface area (Å²) >= 11 is 0. The zero-order chi connectivity index (χ0) is 14.8. The van der Waals surface area contributed by atoms with Crippen LogP contribution in [0.1, 0.15) is 44.6 Å². The Hall–Kier alpha value is -1.32. The predicted octanol–water partition coefficient (Wildman–Crippen LogP) is 4.21. The molecule has 20 heavy (non-hydrogen) atoms. The highest BCUT2D eigenvalue weighted by molar-refractivity contribution is 5.78. The first kappa shape index (κ1) is 15.1. The van der Waals surface area contributed by atoms with E-state index in [1.165, 1.54) is 5.56 Å². The minimum atomic E-state index is -0.271. The summed E-state index contributed by atoms with van der Waals surface area (Å²) in [7, 11) is 1.95. The van der Waals surface area contributed by atoms with E-state index >= 15 is 0 Å². The van der Waals surface area contributed by atoms with Crippen molar-refractivity contribution in [2.45, 2.75) is 45.8 Å². The number of furan rings is 1. The lowest BCUT2D eigenvalue weighted by Crippen LogP contribution is -2.42. The van der Waals surface area contributed by atoms with Gasteiger partial charge in [0.15, 0.2) is 0 Å². The molecule has 0 radical (unpaired) electrons. The number of fused-ring (bicyclic) bond motifs is 1. The third-order valence-electron chi connectivity index (χ3n) is 4.05. The lowest BCUT2D eigenvalue weighted by molar-refractivity contribution is -0.0588. The smallest absolute Gasteiger partial charge is 0.134 e. The molecule has 2 aromatic rings. The molecule has 0 spiro atoms. The normalized spacial score (nSPS) is 16.2. The molecule has 3 nitrogen and oxygen atoms in total. The summed E-state index contributed by atoms with van der Waals surface area (Å²) in [5.41, 5.74) is 1.90. The average Bonchev–Trinajstić information content (AvgIpc) is 2.82. The minimum Gasteiger partial charge on any atom is -0.459 e. The van der Waals surface area contributed by atoms with E-state index < -0.39 is 0 Å². The number of ether oxygens (including phenoxy) is 1. The van der Waals surface area contributed by atoms with Crippen LogP contribution in [0.2, 0.25) is 0 Å². The lowest BCUT2D eigenvalue weighted by atomic mass is 9.91. The summed E-state index contributed by atoms with van der Waals surface area (Å²) in [6, 6.07) is 8.42. The molecule has 3 heteroatoms. The van der Waals surface area contributed by atoms with E-state index in [1.54, 1.807) is 0 Å². The second-order valence-corrected chi connectivity index (χ2v) is 5.51. The largest absolute Gasteiger partial charge is 0.459 e. The molecule has 1 N–H and O–H groups in total. The van der Waals surface area contributed by atoms with Gasteiger partial charge >= 0.3 is 0 Å². The summed E-state index contributed by atoms with van der Waals surface area (Å²) in [6.07, 6.45) is 0.919. The van der Waals surface area contributed by atoms with Gasteiger partial charge in [0.2, 0.25) is 0 Å². The topological polar surface area (TPSA) is 34.4 Å². The van der Waals surface area contributed by atoms with Gasteiger partial charge in [0.1, 0.15) is 11.3 Å². The van der Waals surface area contributed by atoms with E-state index in [0.717, 1.165) is 23.2 Å². The molecule has 1 aromatic heterocycles. The van der Waals surface area contributed by atoms with Crippen molar-refractivity contribution < 1.29 is 9.15 Å². The van der Waals surface area contributed by atoms with E-state index in [4.69, 9.17) is 9.15 Å². The maximum Gasteiger partial charge on any atom is 0.134 e. The van der Waals surface area contributed by atoms with Crippen LogP contribution < -0.4 is 5.32 Å². The van der Waals surface area contributed by atoms with Gasteiger partial charge in [-0.05, 0) is 52.4 Å². The van der Waals surface area contributed by atoms with Crippen LogP contribution in [0, 0.1) is 6.92 Å². The molecule has 0 aliphatic heterocycles. The van der Waals surface area contributed by atoms with Gasteiger partial charge < -0.3 is 14.5 Å². The van der Waals surface area contributed by atoms with E-state index in [9.17, 15) is 0 Å². The van der Waals surface area contributed by atoms with Gasteiger partial charge in [-0.1, -0.05) is 18.6 Å². The molecular formula is C17H25NO2. The Balaban J connectivity index is 2.43. The third kappa shape index (κ3) is 2.74. The van der Waals surface area contributed by atoms with E-state index in [0.29, 0.717) is 6.61 Å². The third-order valence-corrected chi connectivity index (χ3v) is 4.05. The molecule has 0 bridgehead atoms. The van der Waals surface area contributed by atoms with Crippen LogP contribution in [0.3, 0.4) is 0 Å². The first-order valence-corrected chi connectivity index (χ1v) is 7.35. The van der Waals surface area contributed by atoms with Crippen LogP contribution in [-0.2, 0) is 4.74 Å². The van der Waals surface area contributed by atoms with Gasteiger partial charge in [0.25, 0.3) is 0 Å². The Morgan fingerprint density at radius 1 is 1.30 bits per heavy atom. The van der Waals surface area contributed by atoms with Gasteiger partial charge in [-0.25, -0.2) is 0 Å². The number of likely N-dealkylation sites (N-methyl/N-ethyl adjacent to an activating group) is 1. The molecule has 0 saturated carbocycles. The first-order valence-electron chi connectivity index (χ1n) is 7.35. The molecule has 110 valence electrons. The number of benzene rings is 1.